The zero-order chi connectivity index (χ0) is 56.7. The van der Waals surface area contributed by atoms with Crippen LogP contribution < -0.4 is 70.0 Å². The van der Waals surface area contributed by atoms with E-state index in [1.54, 1.807) is 30.3 Å². The van der Waals surface area contributed by atoms with E-state index in [1.165, 1.54) is 0 Å². The first-order valence-electron chi connectivity index (χ1n) is 23.9. The molecule has 0 aromatic heterocycles. The van der Waals surface area contributed by atoms with Gasteiger partial charge in [0.25, 0.3) is 0 Å². The summed E-state index contributed by atoms with van der Waals surface area (Å²) in [6.07, 6.45) is -2.26. The van der Waals surface area contributed by atoms with Crippen molar-refractivity contribution in [1.29, 1.82) is 5.41 Å². The Bertz CT molecular complexity index is 2240. The second kappa shape index (κ2) is 35.4. The standard InChI is InChI=1S/C44H66N14O16S3/c45-8-11-73-13-14-74-12-10-48-32(59)18-50-38(67)29-20-75-23-34(61)53-28(17-36(64)65)41(70)57-30-21-76-77-22-31(43(72)55-26(39(68)56-29)15-24-5-2-1-3-6-24)58-40(69)27(16-35(62)63)52-33(60)19-51-37(66)25(54-42(30)71)7-4-9-49-44(46)47/h1-3,5-6,25-31H,4,7-23,45H2,(H,48,59)(H,50,67)(H,51,66)(H,52,60)(H,53,61)(H,54,71)(H,55,72)(H,56,68)(H,57,70)(H,58,69)(H,62,63)(H,64,65)(H4,46,47,49)/t25-,26-,27-,28-,29-,30-,31-/m0/s1. The molecule has 0 saturated carbocycles. The molecular weight excluding hydrogens is 1080 g/mol. The number of benzene rings is 1. The van der Waals surface area contributed by atoms with Crippen molar-refractivity contribution in [2.24, 2.45) is 11.5 Å². The number of carboxylic acids is 2. The fraction of sp³-hybridized carbons (Fsp3) is 0.568. The number of amides is 10. The summed E-state index contributed by atoms with van der Waals surface area (Å²) in [6.45, 7) is -0.0435. The molecule has 0 unspecified atom stereocenters. The van der Waals surface area contributed by atoms with E-state index < -0.39 is 157 Å². The van der Waals surface area contributed by atoms with Gasteiger partial charge in [-0.15, -0.1) is 11.8 Å². The summed E-state index contributed by atoms with van der Waals surface area (Å²) in [7, 11) is 1.67. The molecule has 77 heavy (non-hydrogen) atoms. The summed E-state index contributed by atoms with van der Waals surface area (Å²) in [5.41, 5.74) is 11.3. The van der Waals surface area contributed by atoms with Gasteiger partial charge in [-0.05, 0) is 18.4 Å². The second-order valence-electron chi connectivity index (χ2n) is 16.8. The monoisotopic (exact) mass is 1140 g/mol. The Balaban J connectivity index is 2.08. The van der Waals surface area contributed by atoms with Crippen molar-refractivity contribution in [1.82, 2.24) is 58.5 Å². The fourth-order valence-corrected chi connectivity index (χ4v) is 10.0. The van der Waals surface area contributed by atoms with Crippen LogP contribution in [0.3, 0.4) is 0 Å². The van der Waals surface area contributed by atoms with Crippen molar-refractivity contribution in [2.75, 3.05) is 82.2 Å². The lowest BCUT2D eigenvalue weighted by Crippen LogP contribution is -2.60. The Morgan fingerprint density at radius 2 is 1.21 bits per heavy atom. The molecule has 33 heteroatoms. The minimum absolute atomic E-state index is 0.0485. The lowest BCUT2D eigenvalue weighted by molar-refractivity contribution is -0.141. The average Bonchev–Trinajstić information content (AvgIpc) is 3.37. The number of rotatable bonds is 21. The third-order valence-electron chi connectivity index (χ3n) is 10.6. The summed E-state index contributed by atoms with van der Waals surface area (Å²) >= 11 is 0.747. The molecule has 1 aromatic carbocycles. The number of aliphatic carboxylic acids is 2. The maximum Gasteiger partial charge on any atom is 0.305 e. The van der Waals surface area contributed by atoms with Crippen molar-refractivity contribution in [3.63, 3.8) is 0 Å². The van der Waals surface area contributed by atoms with Crippen LogP contribution in [0.15, 0.2) is 30.3 Å². The molecule has 0 spiro atoms. The molecule has 2 heterocycles. The van der Waals surface area contributed by atoms with Gasteiger partial charge in [0, 0.05) is 43.3 Å². The van der Waals surface area contributed by atoms with Gasteiger partial charge in [0.1, 0.15) is 42.3 Å². The highest BCUT2D eigenvalue weighted by molar-refractivity contribution is 8.76. The Morgan fingerprint density at radius 1 is 0.636 bits per heavy atom. The van der Waals surface area contributed by atoms with Crippen LogP contribution in [0.5, 0.6) is 0 Å². The van der Waals surface area contributed by atoms with Crippen molar-refractivity contribution < 1.29 is 77.2 Å². The second-order valence-corrected chi connectivity index (χ2v) is 20.4. The molecule has 0 radical (unpaired) electrons. The zero-order valence-electron chi connectivity index (χ0n) is 41.6. The maximum absolute atomic E-state index is 14.4. The van der Waals surface area contributed by atoms with Crippen LogP contribution in [-0.4, -0.2) is 212 Å². The van der Waals surface area contributed by atoms with Crippen molar-refractivity contribution in [2.45, 2.75) is 74.4 Å². The van der Waals surface area contributed by atoms with Crippen molar-refractivity contribution in [3.05, 3.63) is 35.9 Å². The average molecular weight is 1140 g/mol. The third-order valence-corrected chi connectivity index (χ3v) is 14.1. The molecule has 0 aliphatic carbocycles. The molecule has 2 saturated heterocycles. The molecule has 18 N–H and O–H groups in total. The van der Waals surface area contributed by atoms with Crippen LogP contribution in [0.4, 0.5) is 0 Å². The molecule has 2 bridgehead atoms. The van der Waals surface area contributed by atoms with Crippen LogP contribution >= 0.6 is 33.3 Å². The normalized spacial score (nSPS) is 22.7. The summed E-state index contributed by atoms with van der Waals surface area (Å²) in [6, 6.07) is -3.15. The topological polar surface area (TPSA) is 472 Å². The number of thioether (sulfide) groups is 1. The first kappa shape index (κ1) is 64.3. The quantitative estimate of drug-likeness (QED) is 0.0235. The highest BCUT2D eigenvalue weighted by atomic mass is 33.1. The van der Waals surface area contributed by atoms with Crippen LogP contribution in [0.1, 0.15) is 31.2 Å². The van der Waals surface area contributed by atoms with E-state index in [0.29, 0.717) is 18.7 Å². The first-order valence-corrected chi connectivity index (χ1v) is 27.6. The number of hydrogen-bond acceptors (Lipinski definition) is 19. The molecule has 7 atom stereocenters. The number of fused-ring (bicyclic) bond motifs is 5. The highest BCUT2D eigenvalue weighted by Crippen LogP contribution is 2.24. The molecule has 2 fully saturated rings. The van der Waals surface area contributed by atoms with Crippen LogP contribution in [-0.2, 0) is 73.4 Å². The van der Waals surface area contributed by atoms with Gasteiger partial charge in [0.15, 0.2) is 5.96 Å². The Labute approximate surface area is 453 Å². The van der Waals surface area contributed by atoms with Crippen LogP contribution in [0, 0.1) is 5.41 Å². The van der Waals surface area contributed by atoms with Gasteiger partial charge in [0.05, 0.1) is 58.1 Å². The minimum atomic E-state index is -1.84. The van der Waals surface area contributed by atoms with Gasteiger partial charge < -0.3 is 89.6 Å². The Kier molecular flexibility index (Phi) is 29.6. The summed E-state index contributed by atoms with van der Waals surface area (Å²) < 4.78 is 10.6. The van der Waals surface area contributed by atoms with E-state index in [4.69, 9.17) is 26.4 Å². The molecule has 1 aromatic rings. The van der Waals surface area contributed by atoms with E-state index in [-0.39, 0.29) is 63.7 Å². The number of nitrogens with two attached hydrogens (primary N) is 2. The molecular formula is C44H66N14O16S3. The molecule has 3 rings (SSSR count). The van der Waals surface area contributed by atoms with Gasteiger partial charge >= 0.3 is 11.9 Å². The summed E-state index contributed by atoms with van der Waals surface area (Å²) in [4.78, 5) is 161. The third kappa shape index (κ3) is 26.1. The van der Waals surface area contributed by atoms with E-state index in [1.807, 2.05) is 0 Å². The predicted molar refractivity (Wildman–Crippen MR) is 279 cm³/mol. The van der Waals surface area contributed by atoms with Gasteiger partial charge in [-0.2, -0.15) is 0 Å². The van der Waals surface area contributed by atoms with E-state index in [2.05, 4.69) is 58.5 Å². The van der Waals surface area contributed by atoms with E-state index >= 15 is 0 Å². The highest BCUT2D eigenvalue weighted by Gasteiger charge is 2.35. The van der Waals surface area contributed by atoms with Crippen LogP contribution in [0.25, 0.3) is 0 Å². The minimum Gasteiger partial charge on any atom is -0.481 e. The predicted octanol–water partition coefficient (Wildman–Crippen LogP) is -6.68. The van der Waals surface area contributed by atoms with E-state index in [0.717, 1.165) is 33.3 Å². The number of carbonyl (C=O) groups excluding carboxylic acids is 10. The molecule has 2 aliphatic rings. The smallest absolute Gasteiger partial charge is 0.305 e. The largest absolute Gasteiger partial charge is 0.481 e. The van der Waals surface area contributed by atoms with E-state index in [9.17, 15) is 67.7 Å². The number of nitrogens with one attached hydrogen (secondary N) is 12. The number of carbonyl (C=O) groups is 12. The number of guanidine groups is 1. The van der Waals surface area contributed by atoms with Crippen LogP contribution in [0.2, 0.25) is 0 Å². The summed E-state index contributed by atoms with van der Waals surface area (Å²) in [5, 5.41) is 53.7. The number of carboxylic acid groups (broad SMARTS) is 2. The lowest BCUT2D eigenvalue weighted by atomic mass is 10.0. The lowest BCUT2D eigenvalue weighted by Gasteiger charge is -2.27. The number of hydrogen-bond donors (Lipinski definition) is 16. The van der Waals surface area contributed by atoms with Gasteiger partial charge in [-0.1, -0.05) is 51.9 Å². The van der Waals surface area contributed by atoms with Gasteiger partial charge in [0.2, 0.25) is 59.1 Å². The molecule has 30 nitrogen and oxygen atoms in total. The van der Waals surface area contributed by atoms with Gasteiger partial charge in [-0.25, -0.2) is 0 Å². The Morgan fingerprint density at radius 3 is 1.79 bits per heavy atom. The fourth-order valence-electron chi connectivity index (χ4n) is 6.83. The van der Waals surface area contributed by atoms with Crippen molar-refractivity contribution in [3.8, 4) is 0 Å². The first-order chi connectivity index (χ1) is 36.8. The SMILES string of the molecule is N=C(N)NCCC[C@@H]1NC(=O)[C@@H]2CSSC[C@H](NC(=O)[C@H](CC(=O)O)NC(=O)CNC1=O)C(=O)N[C@@H](Cc1ccccc1)C(=O)N[C@H](C(=O)NCC(=O)NCCOCCOCCN)CSCC(=O)N[C@@H](CC(=O)O)C(=O)N2. The maximum atomic E-state index is 14.4. The number of ether oxygens (including phenoxy) is 2. The molecule has 2 aliphatic heterocycles. The summed E-state index contributed by atoms with van der Waals surface area (Å²) in [5.74, 6) is -15.0. The van der Waals surface area contributed by atoms with Crippen molar-refractivity contribution >= 4 is 110 Å². The zero-order valence-corrected chi connectivity index (χ0v) is 44.1. The van der Waals surface area contributed by atoms with Gasteiger partial charge in [-0.3, -0.25) is 62.9 Å². The Hall–Kier alpha value is -6.94. The molecule has 10 amide bonds. The molecule has 426 valence electrons.